The quantitative estimate of drug-likeness (QED) is 0.853. The zero-order valence-electron chi connectivity index (χ0n) is 8.59. The molecule has 1 rings (SSSR count). The minimum atomic E-state index is -5.18. The summed E-state index contributed by atoms with van der Waals surface area (Å²) in [6.45, 7) is -1.56. The number of hydrogen-bond acceptors (Lipinski definition) is 3. The summed E-state index contributed by atoms with van der Waals surface area (Å²) < 4.78 is 64.8. The van der Waals surface area contributed by atoms with E-state index in [1.165, 1.54) is 0 Å². The molecule has 0 radical (unpaired) electrons. The Morgan fingerprint density at radius 1 is 1.44 bits per heavy atom. The number of carboxylic acids is 1. The second-order valence-electron chi connectivity index (χ2n) is 3.13. The van der Waals surface area contributed by atoms with E-state index < -0.39 is 48.4 Å². The van der Waals surface area contributed by atoms with Crippen LogP contribution in [-0.4, -0.2) is 22.4 Å². The van der Waals surface area contributed by atoms with Gasteiger partial charge in [0.1, 0.15) is 12.5 Å². The molecule has 9 heteroatoms. The first kappa shape index (κ1) is 14.1. The largest absolute Gasteiger partial charge is 0.574 e. The molecule has 0 amide bonds. The normalized spacial score (nSPS) is 11.4. The van der Waals surface area contributed by atoms with Crippen molar-refractivity contribution in [3.8, 4) is 5.88 Å². The van der Waals surface area contributed by atoms with Crippen LogP contribution in [0.1, 0.15) is 11.3 Å². The maximum absolute atomic E-state index is 13.2. The monoisotopic (exact) mass is 271 g/mol. The highest BCUT2D eigenvalue weighted by Crippen LogP contribution is 2.27. The molecule has 0 saturated heterocycles. The summed E-state index contributed by atoms with van der Waals surface area (Å²) in [4.78, 5) is 13.5. The smallest absolute Gasteiger partial charge is 0.481 e. The van der Waals surface area contributed by atoms with Gasteiger partial charge in [-0.2, -0.15) is 0 Å². The minimum absolute atomic E-state index is 0.503. The lowest BCUT2D eigenvalue weighted by atomic mass is 10.2. The van der Waals surface area contributed by atoms with E-state index >= 15 is 0 Å². The SMILES string of the molecule is O=C(O)Cc1cc(F)c(CF)c(OC(F)(F)F)n1. The van der Waals surface area contributed by atoms with E-state index in [0.29, 0.717) is 6.07 Å². The predicted octanol–water partition coefficient (Wildman–Crippen LogP) is 2.22. The van der Waals surface area contributed by atoms with Gasteiger partial charge in [-0.05, 0) is 6.07 Å². The van der Waals surface area contributed by atoms with Crippen LogP contribution in [0.5, 0.6) is 5.88 Å². The van der Waals surface area contributed by atoms with Crippen molar-refractivity contribution < 1.29 is 36.6 Å². The van der Waals surface area contributed by atoms with Crippen LogP contribution in [0.15, 0.2) is 6.07 Å². The number of carboxylic acid groups (broad SMARTS) is 1. The van der Waals surface area contributed by atoms with Crippen molar-refractivity contribution in [2.24, 2.45) is 0 Å². The standard InChI is InChI=1S/C9H6F5NO3/c10-3-5-6(11)1-4(2-7(16)17)15-8(5)18-9(12,13)14/h1H,2-3H2,(H,16,17). The number of rotatable bonds is 4. The van der Waals surface area contributed by atoms with Gasteiger partial charge < -0.3 is 9.84 Å². The first-order valence-corrected chi connectivity index (χ1v) is 4.44. The Labute approximate surface area is 97.0 Å². The molecule has 1 N–H and O–H groups in total. The lowest BCUT2D eigenvalue weighted by molar-refractivity contribution is -0.276. The zero-order valence-corrected chi connectivity index (χ0v) is 8.59. The second-order valence-corrected chi connectivity index (χ2v) is 3.13. The molecule has 0 aliphatic heterocycles. The van der Waals surface area contributed by atoms with Crippen LogP contribution >= 0.6 is 0 Å². The highest BCUT2D eigenvalue weighted by Gasteiger charge is 2.34. The minimum Gasteiger partial charge on any atom is -0.481 e. The van der Waals surface area contributed by atoms with Gasteiger partial charge in [-0.3, -0.25) is 4.79 Å². The Balaban J connectivity index is 3.19. The van der Waals surface area contributed by atoms with Gasteiger partial charge in [-0.15, -0.1) is 13.2 Å². The third-order valence-corrected chi connectivity index (χ3v) is 1.76. The Kier molecular flexibility index (Phi) is 4.04. The van der Waals surface area contributed by atoms with Crippen LogP contribution in [0.25, 0.3) is 0 Å². The molecule has 0 saturated carbocycles. The number of nitrogens with zero attached hydrogens (tertiary/aromatic N) is 1. The van der Waals surface area contributed by atoms with Crippen LogP contribution in [0.4, 0.5) is 22.0 Å². The molecule has 1 aromatic rings. The molecule has 0 bridgehead atoms. The van der Waals surface area contributed by atoms with Crippen LogP contribution in [-0.2, 0) is 17.9 Å². The number of halogens is 5. The lowest BCUT2D eigenvalue weighted by Crippen LogP contribution is -2.20. The summed E-state index contributed by atoms with van der Waals surface area (Å²) in [5.74, 6) is -4.09. The fourth-order valence-corrected chi connectivity index (χ4v) is 1.13. The van der Waals surface area contributed by atoms with Crippen molar-refractivity contribution in [3.05, 3.63) is 23.1 Å². The highest BCUT2D eigenvalue weighted by molar-refractivity contribution is 5.69. The summed E-state index contributed by atoms with van der Waals surface area (Å²) in [5.41, 5.74) is -1.52. The third kappa shape index (κ3) is 3.82. The Hall–Kier alpha value is -1.93. The third-order valence-electron chi connectivity index (χ3n) is 1.76. The Morgan fingerprint density at radius 3 is 2.50 bits per heavy atom. The van der Waals surface area contributed by atoms with Crippen LogP contribution in [0.2, 0.25) is 0 Å². The molecule has 0 spiro atoms. The second kappa shape index (κ2) is 5.15. The molecule has 1 heterocycles. The number of aromatic nitrogens is 1. The van der Waals surface area contributed by atoms with E-state index in [2.05, 4.69) is 9.72 Å². The van der Waals surface area contributed by atoms with Gasteiger partial charge in [-0.25, -0.2) is 13.8 Å². The molecule has 0 aromatic carbocycles. The first-order chi connectivity index (χ1) is 8.23. The van der Waals surface area contributed by atoms with E-state index in [-0.39, 0.29) is 0 Å². The molecule has 1 aromatic heterocycles. The van der Waals surface area contributed by atoms with Crippen molar-refractivity contribution in [1.29, 1.82) is 0 Å². The molecular formula is C9H6F5NO3. The van der Waals surface area contributed by atoms with Crippen molar-refractivity contribution >= 4 is 5.97 Å². The molecule has 18 heavy (non-hydrogen) atoms. The van der Waals surface area contributed by atoms with Crippen molar-refractivity contribution in [2.45, 2.75) is 19.5 Å². The summed E-state index contributed by atoms with van der Waals surface area (Å²) in [6, 6.07) is 0.548. The number of aliphatic carboxylic acids is 1. The number of ether oxygens (including phenoxy) is 1. The summed E-state index contributed by atoms with van der Waals surface area (Å²) in [7, 11) is 0. The van der Waals surface area contributed by atoms with E-state index in [1.54, 1.807) is 0 Å². The van der Waals surface area contributed by atoms with Gasteiger partial charge in [0.2, 0.25) is 5.88 Å². The predicted molar refractivity (Wildman–Crippen MR) is 47.0 cm³/mol. The Morgan fingerprint density at radius 2 is 2.06 bits per heavy atom. The highest BCUT2D eigenvalue weighted by atomic mass is 19.4. The number of alkyl halides is 4. The number of pyridine rings is 1. The molecule has 100 valence electrons. The average molecular weight is 271 g/mol. The molecule has 4 nitrogen and oxygen atoms in total. The Bertz CT molecular complexity index is 460. The first-order valence-electron chi connectivity index (χ1n) is 4.44. The van der Waals surface area contributed by atoms with E-state index in [9.17, 15) is 26.7 Å². The van der Waals surface area contributed by atoms with Crippen LogP contribution in [0.3, 0.4) is 0 Å². The maximum atomic E-state index is 13.2. The molecule has 0 aliphatic rings. The van der Waals surface area contributed by atoms with Crippen molar-refractivity contribution in [1.82, 2.24) is 4.98 Å². The summed E-state index contributed by atoms with van der Waals surface area (Å²) >= 11 is 0. The number of hydrogen-bond donors (Lipinski definition) is 1. The van der Waals surface area contributed by atoms with E-state index in [1.807, 2.05) is 0 Å². The van der Waals surface area contributed by atoms with E-state index in [4.69, 9.17) is 5.11 Å². The van der Waals surface area contributed by atoms with E-state index in [0.717, 1.165) is 0 Å². The fourth-order valence-electron chi connectivity index (χ4n) is 1.13. The maximum Gasteiger partial charge on any atom is 0.574 e. The zero-order chi connectivity index (χ0) is 13.9. The van der Waals surface area contributed by atoms with Crippen LogP contribution in [0, 0.1) is 5.82 Å². The fraction of sp³-hybridized carbons (Fsp3) is 0.333. The van der Waals surface area contributed by atoms with Crippen molar-refractivity contribution in [3.63, 3.8) is 0 Å². The van der Waals surface area contributed by atoms with Gasteiger partial charge in [0.15, 0.2) is 0 Å². The van der Waals surface area contributed by atoms with Crippen LogP contribution < -0.4 is 4.74 Å². The molecule has 0 fully saturated rings. The van der Waals surface area contributed by atoms with Gasteiger partial charge in [0.25, 0.3) is 0 Å². The molecule has 0 aliphatic carbocycles. The summed E-state index contributed by atoms with van der Waals surface area (Å²) in [6.07, 6.45) is -5.98. The van der Waals surface area contributed by atoms with Gasteiger partial charge in [-0.1, -0.05) is 0 Å². The lowest BCUT2D eigenvalue weighted by Gasteiger charge is -2.12. The van der Waals surface area contributed by atoms with Gasteiger partial charge >= 0.3 is 12.3 Å². The summed E-state index contributed by atoms with van der Waals surface area (Å²) in [5, 5.41) is 8.41. The average Bonchev–Trinajstić information content (AvgIpc) is 2.13. The topological polar surface area (TPSA) is 59.4 Å². The molecule has 0 unspecified atom stereocenters. The number of carbonyl (C=O) groups is 1. The van der Waals surface area contributed by atoms with Gasteiger partial charge in [0, 0.05) is 0 Å². The molecular weight excluding hydrogens is 265 g/mol. The van der Waals surface area contributed by atoms with Gasteiger partial charge in [0.05, 0.1) is 17.7 Å². The van der Waals surface area contributed by atoms with Crippen molar-refractivity contribution in [2.75, 3.05) is 0 Å². The molecule has 0 atom stereocenters.